The number of aromatic nitrogens is 1. The Morgan fingerprint density at radius 1 is 1.40 bits per heavy atom. The Morgan fingerprint density at radius 2 is 2.00 bits per heavy atom. The van der Waals surface area contributed by atoms with Gasteiger partial charge < -0.3 is 14.4 Å². The monoisotopic (exact) mass is 211 g/mol. The fourth-order valence-corrected chi connectivity index (χ4v) is 1.27. The van der Waals surface area contributed by atoms with Crippen LogP contribution in [0.1, 0.15) is 19.4 Å². The van der Waals surface area contributed by atoms with Gasteiger partial charge in [-0.15, -0.1) is 0 Å². The smallest absolute Gasteiger partial charge is 0.329 e. The van der Waals surface area contributed by atoms with Crippen LogP contribution in [-0.4, -0.2) is 28.2 Å². The second-order valence-electron chi connectivity index (χ2n) is 3.00. The first kappa shape index (κ1) is 11.3. The molecule has 1 N–H and O–H groups in total. The molecule has 0 fully saturated rings. The molecule has 0 saturated carbocycles. The van der Waals surface area contributed by atoms with Gasteiger partial charge in [-0.1, -0.05) is 0 Å². The Labute approximate surface area is 87.3 Å². The van der Waals surface area contributed by atoms with Gasteiger partial charge in [0.15, 0.2) is 0 Å². The van der Waals surface area contributed by atoms with Crippen molar-refractivity contribution in [2.75, 3.05) is 6.61 Å². The van der Waals surface area contributed by atoms with E-state index in [2.05, 4.69) is 0 Å². The van der Waals surface area contributed by atoms with Crippen molar-refractivity contribution in [3.05, 3.63) is 24.5 Å². The van der Waals surface area contributed by atoms with Crippen molar-refractivity contribution in [2.24, 2.45) is 0 Å². The minimum atomic E-state index is -1.03. The lowest BCUT2D eigenvalue weighted by Gasteiger charge is -2.14. The molecule has 5 heteroatoms. The first-order valence-electron chi connectivity index (χ1n) is 4.66. The van der Waals surface area contributed by atoms with E-state index in [9.17, 15) is 9.59 Å². The van der Waals surface area contributed by atoms with Gasteiger partial charge in [0.05, 0.1) is 13.0 Å². The molecule has 0 aromatic carbocycles. The molecular formula is C10H13NO4. The lowest BCUT2D eigenvalue weighted by molar-refractivity contribution is -0.151. The van der Waals surface area contributed by atoms with Gasteiger partial charge in [0.25, 0.3) is 0 Å². The van der Waals surface area contributed by atoms with Crippen LogP contribution in [-0.2, 0) is 14.3 Å². The van der Waals surface area contributed by atoms with Gasteiger partial charge in [-0.25, -0.2) is 4.79 Å². The third-order valence-electron chi connectivity index (χ3n) is 1.91. The number of rotatable bonds is 5. The zero-order valence-electron chi connectivity index (χ0n) is 8.42. The van der Waals surface area contributed by atoms with Crippen LogP contribution in [0.15, 0.2) is 24.5 Å². The minimum absolute atomic E-state index is 0.246. The van der Waals surface area contributed by atoms with Crippen LogP contribution in [0.2, 0.25) is 0 Å². The van der Waals surface area contributed by atoms with Crippen molar-refractivity contribution in [2.45, 2.75) is 19.4 Å². The normalized spacial score (nSPS) is 12.1. The number of nitrogens with zero attached hydrogens (tertiary/aromatic N) is 1. The molecule has 0 saturated heterocycles. The van der Waals surface area contributed by atoms with E-state index in [1.165, 1.54) is 4.57 Å². The number of esters is 1. The van der Waals surface area contributed by atoms with Gasteiger partial charge >= 0.3 is 11.9 Å². The molecule has 0 aliphatic carbocycles. The molecule has 1 atom stereocenters. The second kappa shape index (κ2) is 5.19. The summed E-state index contributed by atoms with van der Waals surface area (Å²) in [6.45, 7) is 1.93. The average molecular weight is 211 g/mol. The number of carbonyl (C=O) groups is 2. The Morgan fingerprint density at radius 3 is 2.47 bits per heavy atom. The molecule has 0 aliphatic rings. The number of ether oxygens (including phenoxy) is 1. The summed E-state index contributed by atoms with van der Waals surface area (Å²) in [6, 6.07) is 2.68. The maximum Gasteiger partial charge on any atom is 0.329 e. The van der Waals surface area contributed by atoms with E-state index in [1.807, 2.05) is 0 Å². The van der Waals surface area contributed by atoms with Gasteiger partial charge in [0.1, 0.15) is 6.04 Å². The predicted octanol–water partition coefficient (Wildman–Crippen LogP) is 1.07. The van der Waals surface area contributed by atoms with Gasteiger partial charge in [0.2, 0.25) is 0 Å². The van der Waals surface area contributed by atoms with Crippen LogP contribution in [0.5, 0.6) is 0 Å². The lowest BCUT2D eigenvalue weighted by Crippen LogP contribution is -2.23. The minimum Gasteiger partial charge on any atom is -0.481 e. The van der Waals surface area contributed by atoms with Crippen molar-refractivity contribution in [1.82, 2.24) is 4.57 Å². The number of aliphatic carboxylic acids is 1. The molecule has 1 unspecified atom stereocenters. The molecular weight excluding hydrogens is 198 g/mol. The highest BCUT2D eigenvalue weighted by molar-refractivity contribution is 5.80. The Bertz CT molecular complexity index is 331. The molecule has 0 bridgehead atoms. The summed E-state index contributed by atoms with van der Waals surface area (Å²) in [4.78, 5) is 22.1. The zero-order chi connectivity index (χ0) is 11.3. The topological polar surface area (TPSA) is 68.5 Å². The summed E-state index contributed by atoms with van der Waals surface area (Å²) < 4.78 is 6.34. The first-order valence-corrected chi connectivity index (χ1v) is 4.66. The Kier molecular flexibility index (Phi) is 3.91. The number of hydrogen-bond acceptors (Lipinski definition) is 3. The fourth-order valence-electron chi connectivity index (χ4n) is 1.27. The third-order valence-corrected chi connectivity index (χ3v) is 1.91. The van der Waals surface area contributed by atoms with Crippen LogP contribution in [0.4, 0.5) is 0 Å². The maximum atomic E-state index is 11.5. The molecule has 1 rings (SSSR count). The second-order valence-corrected chi connectivity index (χ2v) is 3.00. The van der Waals surface area contributed by atoms with Crippen LogP contribution in [0, 0.1) is 0 Å². The van der Waals surface area contributed by atoms with Crippen molar-refractivity contribution in [3.8, 4) is 0 Å². The van der Waals surface area contributed by atoms with Crippen molar-refractivity contribution in [3.63, 3.8) is 0 Å². The maximum absolute atomic E-state index is 11.5. The Hall–Kier alpha value is -1.78. The van der Waals surface area contributed by atoms with Crippen molar-refractivity contribution < 1.29 is 19.4 Å². The molecule has 1 aromatic rings. The third kappa shape index (κ3) is 3.12. The van der Waals surface area contributed by atoms with Crippen LogP contribution < -0.4 is 0 Å². The molecule has 1 aromatic heterocycles. The molecule has 5 nitrogen and oxygen atoms in total. The molecule has 82 valence electrons. The number of carbonyl (C=O) groups excluding carboxylic acids is 1. The van der Waals surface area contributed by atoms with Crippen LogP contribution in [0.3, 0.4) is 0 Å². The first-order chi connectivity index (χ1) is 7.15. The summed E-state index contributed by atoms with van der Waals surface area (Å²) >= 11 is 0. The van der Waals surface area contributed by atoms with E-state index in [0.29, 0.717) is 0 Å². The largest absolute Gasteiger partial charge is 0.481 e. The number of carboxylic acid groups (broad SMARTS) is 1. The van der Waals surface area contributed by atoms with Crippen molar-refractivity contribution >= 4 is 11.9 Å². The van der Waals surface area contributed by atoms with E-state index in [1.54, 1.807) is 31.5 Å². The highest BCUT2D eigenvalue weighted by Gasteiger charge is 2.23. The zero-order valence-corrected chi connectivity index (χ0v) is 8.42. The summed E-state index contributed by atoms with van der Waals surface area (Å²) in [5.74, 6) is -1.54. The van der Waals surface area contributed by atoms with Crippen LogP contribution in [0.25, 0.3) is 0 Å². The van der Waals surface area contributed by atoms with Gasteiger partial charge in [-0.05, 0) is 19.1 Å². The summed E-state index contributed by atoms with van der Waals surface area (Å²) in [5, 5.41) is 8.68. The number of carboxylic acids is 1. The van der Waals surface area contributed by atoms with Gasteiger partial charge in [-0.2, -0.15) is 0 Å². The van der Waals surface area contributed by atoms with Gasteiger partial charge in [-0.3, -0.25) is 4.79 Å². The quantitative estimate of drug-likeness (QED) is 0.739. The summed E-state index contributed by atoms with van der Waals surface area (Å²) in [6.07, 6.45) is 3.02. The lowest BCUT2D eigenvalue weighted by atomic mass is 10.2. The number of hydrogen-bond donors (Lipinski definition) is 1. The molecule has 0 radical (unpaired) electrons. The molecule has 0 spiro atoms. The molecule has 15 heavy (non-hydrogen) atoms. The predicted molar refractivity (Wildman–Crippen MR) is 52.4 cm³/mol. The van der Waals surface area contributed by atoms with Crippen LogP contribution >= 0.6 is 0 Å². The van der Waals surface area contributed by atoms with E-state index < -0.39 is 18.0 Å². The highest BCUT2D eigenvalue weighted by Crippen LogP contribution is 2.13. The van der Waals surface area contributed by atoms with E-state index in [0.717, 1.165) is 0 Å². The standard InChI is InChI=1S/C10H13NO4/c1-2-15-10(14)8(7-9(12)13)11-5-3-4-6-11/h3-6,8H,2,7H2,1H3,(H,12,13). The Balaban J connectivity index is 2.78. The van der Waals surface area contributed by atoms with Crippen molar-refractivity contribution in [1.29, 1.82) is 0 Å². The highest BCUT2D eigenvalue weighted by atomic mass is 16.5. The van der Waals surface area contributed by atoms with E-state index >= 15 is 0 Å². The van der Waals surface area contributed by atoms with E-state index in [4.69, 9.17) is 9.84 Å². The summed E-state index contributed by atoms with van der Waals surface area (Å²) in [7, 11) is 0. The summed E-state index contributed by atoms with van der Waals surface area (Å²) in [5.41, 5.74) is 0. The van der Waals surface area contributed by atoms with E-state index in [-0.39, 0.29) is 13.0 Å². The average Bonchev–Trinajstić information content (AvgIpc) is 2.66. The molecule has 0 amide bonds. The van der Waals surface area contributed by atoms with Gasteiger partial charge in [0, 0.05) is 12.4 Å². The SMILES string of the molecule is CCOC(=O)C(CC(=O)O)n1cccc1. The molecule has 1 heterocycles. The molecule has 0 aliphatic heterocycles. The fraction of sp³-hybridized carbons (Fsp3) is 0.400.